The fraction of sp³-hybridized carbons (Fsp3) is 0.294. The van der Waals surface area contributed by atoms with Gasteiger partial charge in [-0.3, -0.25) is 19.7 Å². The standard InChI is InChI=1S/C17H17N3O5S/c21-16(18-10-11-4-3-9-25-11)12-5-1-2-6-13(12)19-17(22)14-7-8-15(26-14)20(23)24/h1-2,5-8,11H,3-4,9-10H2,(H,18,21)(H,19,22). The highest BCUT2D eigenvalue weighted by atomic mass is 32.1. The van der Waals surface area contributed by atoms with E-state index < -0.39 is 10.8 Å². The van der Waals surface area contributed by atoms with Crippen molar-refractivity contribution in [3.8, 4) is 0 Å². The molecule has 1 aliphatic rings. The minimum Gasteiger partial charge on any atom is -0.376 e. The van der Waals surface area contributed by atoms with E-state index in [1.165, 1.54) is 12.1 Å². The summed E-state index contributed by atoms with van der Waals surface area (Å²) in [6.07, 6.45) is 1.92. The van der Waals surface area contributed by atoms with Gasteiger partial charge in [-0.2, -0.15) is 0 Å². The summed E-state index contributed by atoms with van der Waals surface area (Å²) in [7, 11) is 0. The molecule has 0 bridgehead atoms. The highest BCUT2D eigenvalue weighted by Gasteiger charge is 2.20. The number of rotatable bonds is 6. The van der Waals surface area contributed by atoms with Crippen LogP contribution in [0.3, 0.4) is 0 Å². The summed E-state index contributed by atoms with van der Waals surface area (Å²) in [5.41, 5.74) is 0.670. The summed E-state index contributed by atoms with van der Waals surface area (Å²) in [4.78, 5) is 35.1. The molecule has 1 aromatic heterocycles. The van der Waals surface area contributed by atoms with Gasteiger partial charge in [0.05, 0.1) is 27.2 Å². The summed E-state index contributed by atoms with van der Waals surface area (Å²) >= 11 is 0.781. The minimum absolute atomic E-state index is 0.0207. The monoisotopic (exact) mass is 375 g/mol. The molecule has 2 N–H and O–H groups in total. The molecule has 2 amide bonds. The quantitative estimate of drug-likeness (QED) is 0.596. The number of carbonyl (C=O) groups is 2. The molecular formula is C17H17N3O5S. The van der Waals surface area contributed by atoms with E-state index in [0.29, 0.717) is 24.4 Å². The summed E-state index contributed by atoms with van der Waals surface area (Å²) in [6.45, 7) is 1.12. The van der Waals surface area contributed by atoms with Gasteiger partial charge in [0.1, 0.15) is 0 Å². The third-order valence-electron chi connectivity index (χ3n) is 3.93. The topological polar surface area (TPSA) is 111 Å². The van der Waals surface area contributed by atoms with Crippen molar-refractivity contribution in [3.05, 3.63) is 57.0 Å². The molecule has 1 aliphatic heterocycles. The van der Waals surface area contributed by atoms with Gasteiger partial charge in [0, 0.05) is 19.2 Å². The van der Waals surface area contributed by atoms with Gasteiger partial charge in [-0.25, -0.2) is 0 Å². The molecule has 1 saturated heterocycles. The van der Waals surface area contributed by atoms with Gasteiger partial charge in [0.25, 0.3) is 11.8 Å². The predicted octanol–water partition coefficient (Wildman–Crippen LogP) is 2.82. The molecule has 0 radical (unpaired) electrons. The first kappa shape index (κ1) is 18.0. The van der Waals surface area contributed by atoms with E-state index in [1.54, 1.807) is 24.3 Å². The average Bonchev–Trinajstić information content (AvgIpc) is 3.32. The molecule has 26 heavy (non-hydrogen) atoms. The van der Waals surface area contributed by atoms with Gasteiger partial charge in [-0.1, -0.05) is 23.5 Å². The fourth-order valence-corrected chi connectivity index (χ4v) is 3.34. The number of carbonyl (C=O) groups excluding carboxylic acids is 2. The van der Waals surface area contributed by atoms with E-state index in [1.807, 2.05) is 0 Å². The summed E-state index contributed by atoms with van der Waals surface area (Å²) in [6, 6.07) is 9.28. The van der Waals surface area contributed by atoms with Crippen molar-refractivity contribution in [2.45, 2.75) is 18.9 Å². The molecule has 0 spiro atoms. The third-order valence-corrected chi connectivity index (χ3v) is 4.97. The molecule has 136 valence electrons. The second-order valence-corrected chi connectivity index (χ2v) is 6.80. The first-order valence-electron chi connectivity index (χ1n) is 8.09. The van der Waals surface area contributed by atoms with Crippen molar-refractivity contribution < 1.29 is 19.2 Å². The Hall–Kier alpha value is -2.78. The van der Waals surface area contributed by atoms with Crippen molar-refractivity contribution in [2.24, 2.45) is 0 Å². The molecule has 1 atom stereocenters. The maximum atomic E-state index is 12.4. The van der Waals surface area contributed by atoms with Gasteiger partial charge in [-0.15, -0.1) is 0 Å². The third kappa shape index (κ3) is 4.24. The molecule has 1 unspecified atom stereocenters. The summed E-state index contributed by atoms with van der Waals surface area (Å²) < 4.78 is 5.48. The first-order valence-corrected chi connectivity index (χ1v) is 8.90. The lowest BCUT2D eigenvalue weighted by molar-refractivity contribution is -0.380. The van der Waals surface area contributed by atoms with Crippen LogP contribution in [0.2, 0.25) is 0 Å². The Morgan fingerprint density at radius 1 is 1.23 bits per heavy atom. The molecule has 0 aliphatic carbocycles. The Morgan fingerprint density at radius 2 is 2.04 bits per heavy atom. The number of ether oxygens (including phenoxy) is 1. The van der Waals surface area contributed by atoms with Crippen LogP contribution < -0.4 is 10.6 Å². The molecule has 2 aromatic rings. The summed E-state index contributed by atoms with van der Waals surface area (Å²) in [5.74, 6) is -0.809. The van der Waals surface area contributed by atoms with Crippen LogP contribution in [0, 0.1) is 10.1 Å². The van der Waals surface area contributed by atoms with Crippen LogP contribution in [0.1, 0.15) is 32.9 Å². The van der Waals surface area contributed by atoms with Crippen LogP contribution in [-0.4, -0.2) is 36.0 Å². The number of thiophene rings is 1. The van der Waals surface area contributed by atoms with E-state index in [2.05, 4.69) is 10.6 Å². The maximum absolute atomic E-state index is 12.4. The first-order chi connectivity index (χ1) is 12.5. The molecule has 0 saturated carbocycles. The number of nitro groups is 1. The van der Waals surface area contributed by atoms with Crippen LogP contribution >= 0.6 is 11.3 Å². The minimum atomic E-state index is -0.548. The predicted molar refractivity (Wildman–Crippen MR) is 96.7 cm³/mol. The van der Waals surface area contributed by atoms with Crippen molar-refractivity contribution in [3.63, 3.8) is 0 Å². The van der Waals surface area contributed by atoms with Crippen LogP contribution in [0.15, 0.2) is 36.4 Å². The molecule has 1 fully saturated rings. The Labute approximate surface area is 153 Å². The van der Waals surface area contributed by atoms with Crippen LogP contribution in [0.5, 0.6) is 0 Å². The normalized spacial score (nSPS) is 16.2. The molecule has 2 heterocycles. The molecular weight excluding hydrogens is 358 g/mol. The molecule has 9 heteroatoms. The average molecular weight is 375 g/mol. The van der Waals surface area contributed by atoms with E-state index in [0.717, 1.165) is 24.2 Å². The largest absolute Gasteiger partial charge is 0.376 e. The van der Waals surface area contributed by atoms with E-state index in [4.69, 9.17) is 4.74 Å². The number of hydrogen-bond acceptors (Lipinski definition) is 6. The van der Waals surface area contributed by atoms with E-state index in [9.17, 15) is 19.7 Å². The zero-order chi connectivity index (χ0) is 18.5. The molecule has 3 rings (SSSR count). The number of amides is 2. The fourth-order valence-electron chi connectivity index (χ4n) is 2.63. The zero-order valence-electron chi connectivity index (χ0n) is 13.8. The zero-order valence-corrected chi connectivity index (χ0v) is 14.6. The highest BCUT2D eigenvalue weighted by Crippen LogP contribution is 2.25. The second kappa shape index (κ2) is 8.07. The Morgan fingerprint density at radius 3 is 2.73 bits per heavy atom. The number of nitrogens with one attached hydrogen (secondary N) is 2. The van der Waals surface area contributed by atoms with Crippen molar-refractivity contribution >= 4 is 33.8 Å². The van der Waals surface area contributed by atoms with Crippen LogP contribution in [-0.2, 0) is 4.74 Å². The lowest BCUT2D eigenvalue weighted by atomic mass is 10.1. The van der Waals surface area contributed by atoms with Gasteiger partial charge in [0.2, 0.25) is 0 Å². The van der Waals surface area contributed by atoms with Crippen LogP contribution in [0.25, 0.3) is 0 Å². The number of para-hydroxylation sites is 1. The Balaban J connectivity index is 1.68. The number of hydrogen-bond donors (Lipinski definition) is 2. The maximum Gasteiger partial charge on any atom is 0.324 e. The number of anilines is 1. The second-order valence-electron chi connectivity index (χ2n) is 5.74. The Bertz CT molecular complexity index is 829. The highest BCUT2D eigenvalue weighted by molar-refractivity contribution is 7.17. The van der Waals surface area contributed by atoms with Gasteiger partial charge < -0.3 is 15.4 Å². The smallest absolute Gasteiger partial charge is 0.324 e. The van der Waals surface area contributed by atoms with Crippen molar-refractivity contribution in [1.82, 2.24) is 5.32 Å². The van der Waals surface area contributed by atoms with Gasteiger partial charge >= 0.3 is 5.00 Å². The molecule has 8 nitrogen and oxygen atoms in total. The van der Waals surface area contributed by atoms with Crippen molar-refractivity contribution in [1.29, 1.82) is 0 Å². The molecule has 1 aromatic carbocycles. The number of benzene rings is 1. The van der Waals surface area contributed by atoms with Crippen molar-refractivity contribution in [2.75, 3.05) is 18.5 Å². The lowest BCUT2D eigenvalue weighted by Gasteiger charge is -2.13. The summed E-state index contributed by atoms with van der Waals surface area (Å²) in [5, 5.41) is 16.1. The SMILES string of the molecule is O=C(Nc1ccccc1C(=O)NCC1CCCO1)c1ccc([N+](=O)[O-])s1. The lowest BCUT2D eigenvalue weighted by Crippen LogP contribution is -2.32. The van der Waals surface area contributed by atoms with Gasteiger partial charge in [-0.05, 0) is 31.0 Å². The Kier molecular flexibility index (Phi) is 5.59. The van der Waals surface area contributed by atoms with E-state index in [-0.39, 0.29) is 21.9 Å². The van der Waals surface area contributed by atoms with E-state index >= 15 is 0 Å². The van der Waals surface area contributed by atoms with Gasteiger partial charge in [0.15, 0.2) is 0 Å². The van der Waals surface area contributed by atoms with Crippen LogP contribution in [0.4, 0.5) is 10.7 Å². The number of nitrogens with zero attached hydrogens (tertiary/aromatic N) is 1.